The molecule has 1 aliphatic heterocycles. The molecule has 5 rings (SSSR count). The Morgan fingerprint density at radius 3 is 2.26 bits per heavy atom. The van der Waals surface area contributed by atoms with Crippen LogP contribution in [-0.4, -0.2) is 27.2 Å². The second-order valence-corrected chi connectivity index (χ2v) is 8.53. The lowest BCUT2D eigenvalue weighted by atomic mass is 9.80. The quantitative estimate of drug-likeness (QED) is 0.342. The van der Waals surface area contributed by atoms with Crippen LogP contribution in [0, 0.1) is 5.82 Å². The fourth-order valence-corrected chi connectivity index (χ4v) is 4.94. The van der Waals surface area contributed by atoms with Gasteiger partial charge in [0.05, 0.1) is 27.9 Å². The average Bonchev–Trinajstić information content (AvgIpc) is 2.90. The van der Waals surface area contributed by atoms with Crippen LogP contribution >= 0.6 is 0 Å². The molecule has 4 aromatic carbocycles. The molecule has 1 heterocycles. The minimum atomic E-state index is -0.300. The lowest BCUT2D eigenvalue weighted by Crippen LogP contribution is -2.36. The molecule has 0 fully saturated rings. The maximum absolute atomic E-state index is 13.6. The van der Waals surface area contributed by atoms with E-state index >= 15 is 0 Å². The summed E-state index contributed by atoms with van der Waals surface area (Å²) in [6, 6.07) is 22.2. The zero-order valence-electron chi connectivity index (χ0n) is 19.9. The van der Waals surface area contributed by atoms with Crippen molar-refractivity contribution < 1.29 is 23.4 Å². The van der Waals surface area contributed by atoms with Crippen LogP contribution in [0.1, 0.15) is 29.0 Å². The first kappa shape index (κ1) is 22.7. The lowest BCUT2D eigenvalue weighted by Gasteiger charge is -2.36. The number of ether oxygens (including phenoxy) is 3. The van der Waals surface area contributed by atoms with Gasteiger partial charge in [-0.15, -0.1) is 0 Å². The van der Waals surface area contributed by atoms with Gasteiger partial charge in [0.1, 0.15) is 11.6 Å². The first-order valence-electron chi connectivity index (χ1n) is 11.4. The molecule has 0 bridgehead atoms. The van der Waals surface area contributed by atoms with E-state index in [9.17, 15) is 9.18 Å². The summed E-state index contributed by atoms with van der Waals surface area (Å²) in [6.45, 7) is 0.361. The number of amides is 1. The Hall–Kier alpha value is -4.06. The Bertz CT molecular complexity index is 1400. The fourth-order valence-electron chi connectivity index (χ4n) is 4.94. The highest BCUT2D eigenvalue weighted by Crippen LogP contribution is 2.48. The molecule has 0 aromatic heterocycles. The summed E-state index contributed by atoms with van der Waals surface area (Å²) < 4.78 is 30.3. The van der Waals surface area contributed by atoms with Crippen molar-refractivity contribution in [2.24, 2.45) is 0 Å². The van der Waals surface area contributed by atoms with Crippen molar-refractivity contribution in [1.29, 1.82) is 0 Å². The molecule has 1 aliphatic rings. The van der Waals surface area contributed by atoms with Gasteiger partial charge in [-0.2, -0.15) is 0 Å². The molecule has 0 N–H and O–H groups in total. The number of rotatable bonds is 6. The molecular weight excluding hydrogens is 445 g/mol. The molecule has 0 spiro atoms. The number of halogens is 1. The standard InChI is InChI=1S/C29H26FNO4/c1-33-25-16-27(35-3)26(34-2)14-22(25)23-15-28(32)31(17-18-8-11-20(30)12-9-18)24-13-10-19-6-4-5-7-21(19)29(23)24/h4-14,16,23H,15,17H2,1-3H3. The largest absolute Gasteiger partial charge is 0.496 e. The Morgan fingerprint density at radius 1 is 0.857 bits per heavy atom. The summed E-state index contributed by atoms with van der Waals surface area (Å²) in [5.41, 5.74) is 3.61. The molecule has 1 amide bonds. The monoisotopic (exact) mass is 471 g/mol. The minimum absolute atomic E-state index is 0.0149. The SMILES string of the molecule is COc1cc(OC)c(C2CC(=O)N(Cc3ccc(F)cc3)c3ccc4ccccc4c32)cc1OC. The molecule has 5 nitrogen and oxygen atoms in total. The number of carbonyl (C=O) groups is 1. The summed E-state index contributed by atoms with van der Waals surface area (Å²) in [4.78, 5) is 15.4. The van der Waals surface area contributed by atoms with Gasteiger partial charge < -0.3 is 19.1 Å². The molecule has 6 heteroatoms. The Labute approximate surface area is 203 Å². The van der Waals surface area contributed by atoms with Crippen LogP contribution in [0.25, 0.3) is 10.8 Å². The summed E-state index contributed by atoms with van der Waals surface area (Å²) in [5, 5.41) is 2.16. The summed E-state index contributed by atoms with van der Waals surface area (Å²) >= 11 is 0. The summed E-state index contributed by atoms with van der Waals surface area (Å²) in [5.74, 6) is 1.21. The van der Waals surface area contributed by atoms with Gasteiger partial charge in [-0.25, -0.2) is 4.39 Å². The number of hydrogen-bond acceptors (Lipinski definition) is 4. The van der Waals surface area contributed by atoms with Gasteiger partial charge in [0.25, 0.3) is 0 Å². The van der Waals surface area contributed by atoms with Crippen LogP contribution in [-0.2, 0) is 11.3 Å². The number of anilines is 1. The van der Waals surface area contributed by atoms with Crippen LogP contribution in [0.3, 0.4) is 0 Å². The van der Waals surface area contributed by atoms with Crippen molar-refractivity contribution in [2.75, 3.05) is 26.2 Å². The van der Waals surface area contributed by atoms with E-state index in [-0.39, 0.29) is 24.1 Å². The second kappa shape index (κ2) is 9.29. The Kier molecular flexibility index (Phi) is 6.03. The third-order valence-corrected chi connectivity index (χ3v) is 6.63. The van der Waals surface area contributed by atoms with Crippen molar-refractivity contribution in [3.8, 4) is 17.2 Å². The first-order valence-corrected chi connectivity index (χ1v) is 11.4. The van der Waals surface area contributed by atoms with Crippen LogP contribution in [0.15, 0.2) is 72.8 Å². The molecule has 0 saturated heterocycles. The van der Waals surface area contributed by atoms with E-state index < -0.39 is 0 Å². The van der Waals surface area contributed by atoms with E-state index in [1.165, 1.54) is 12.1 Å². The van der Waals surface area contributed by atoms with Crippen molar-refractivity contribution in [2.45, 2.75) is 18.9 Å². The molecule has 1 unspecified atom stereocenters. The second-order valence-electron chi connectivity index (χ2n) is 8.53. The average molecular weight is 472 g/mol. The van der Waals surface area contributed by atoms with E-state index in [1.54, 1.807) is 44.4 Å². The molecule has 0 aliphatic carbocycles. The molecule has 0 radical (unpaired) electrons. The van der Waals surface area contributed by atoms with E-state index in [2.05, 4.69) is 12.1 Å². The smallest absolute Gasteiger partial charge is 0.228 e. The van der Waals surface area contributed by atoms with E-state index in [1.807, 2.05) is 30.3 Å². The van der Waals surface area contributed by atoms with Crippen molar-refractivity contribution >= 4 is 22.4 Å². The van der Waals surface area contributed by atoms with Crippen LogP contribution < -0.4 is 19.1 Å². The van der Waals surface area contributed by atoms with E-state index in [0.717, 1.165) is 33.2 Å². The van der Waals surface area contributed by atoms with Gasteiger partial charge in [0.2, 0.25) is 5.91 Å². The molecule has 178 valence electrons. The van der Waals surface area contributed by atoms with Crippen molar-refractivity contribution in [1.82, 2.24) is 0 Å². The first-order chi connectivity index (χ1) is 17.0. The molecule has 4 aromatic rings. The maximum Gasteiger partial charge on any atom is 0.228 e. The highest BCUT2D eigenvalue weighted by atomic mass is 19.1. The highest BCUT2D eigenvalue weighted by molar-refractivity contribution is 6.03. The van der Waals surface area contributed by atoms with Crippen molar-refractivity contribution in [3.05, 3.63) is 95.3 Å². The fraction of sp³-hybridized carbons (Fsp3) is 0.207. The molecule has 35 heavy (non-hydrogen) atoms. The summed E-state index contributed by atoms with van der Waals surface area (Å²) in [6.07, 6.45) is 0.258. The number of carbonyl (C=O) groups excluding carboxylic acids is 1. The predicted molar refractivity (Wildman–Crippen MR) is 134 cm³/mol. The van der Waals surface area contributed by atoms with E-state index in [4.69, 9.17) is 14.2 Å². The third kappa shape index (κ3) is 4.05. The number of nitrogens with zero attached hydrogens (tertiary/aromatic N) is 1. The third-order valence-electron chi connectivity index (χ3n) is 6.63. The Balaban J connectivity index is 1.71. The van der Waals surface area contributed by atoms with E-state index in [0.29, 0.717) is 23.8 Å². The van der Waals surface area contributed by atoms with Crippen molar-refractivity contribution in [3.63, 3.8) is 0 Å². The van der Waals surface area contributed by atoms with Gasteiger partial charge in [-0.1, -0.05) is 42.5 Å². The minimum Gasteiger partial charge on any atom is -0.496 e. The van der Waals surface area contributed by atoms with Crippen LogP contribution in [0.2, 0.25) is 0 Å². The number of methoxy groups -OCH3 is 3. The molecule has 1 atom stereocenters. The topological polar surface area (TPSA) is 48.0 Å². The van der Waals surface area contributed by atoms with Gasteiger partial charge >= 0.3 is 0 Å². The van der Waals surface area contributed by atoms with Gasteiger partial charge in [-0.3, -0.25) is 4.79 Å². The van der Waals surface area contributed by atoms with Gasteiger partial charge in [-0.05, 0) is 46.2 Å². The predicted octanol–water partition coefficient (Wildman–Crippen LogP) is 6.07. The normalized spacial score (nSPS) is 15.1. The zero-order chi connectivity index (χ0) is 24.5. The highest BCUT2D eigenvalue weighted by Gasteiger charge is 2.35. The number of benzene rings is 4. The lowest BCUT2D eigenvalue weighted by molar-refractivity contribution is -0.119. The summed E-state index contributed by atoms with van der Waals surface area (Å²) in [7, 11) is 4.78. The molecular formula is C29H26FNO4. The number of fused-ring (bicyclic) bond motifs is 3. The Morgan fingerprint density at radius 2 is 1.54 bits per heavy atom. The van der Waals surface area contributed by atoms with Crippen LogP contribution in [0.4, 0.5) is 10.1 Å². The maximum atomic E-state index is 13.6. The van der Waals surface area contributed by atoms with Gasteiger partial charge in [0, 0.05) is 29.7 Å². The van der Waals surface area contributed by atoms with Gasteiger partial charge in [0.15, 0.2) is 11.5 Å². The van der Waals surface area contributed by atoms with Crippen LogP contribution in [0.5, 0.6) is 17.2 Å². The number of hydrogen-bond donors (Lipinski definition) is 0. The zero-order valence-corrected chi connectivity index (χ0v) is 19.9. The molecule has 0 saturated carbocycles.